The first kappa shape index (κ1) is 13.7. The number of carboxylic acids is 1. The second kappa shape index (κ2) is 5.12. The summed E-state index contributed by atoms with van der Waals surface area (Å²) in [6.45, 7) is 1.19. The molecular formula is C13H12N2O5. The fourth-order valence-electron chi connectivity index (χ4n) is 1.89. The molecule has 104 valence electrons. The number of ether oxygens (including phenoxy) is 1. The van der Waals surface area contributed by atoms with Crippen molar-refractivity contribution < 1.29 is 19.4 Å². The number of rotatable bonds is 3. The molecule has 1 N–H and O–H groups in total. The van der Waals surface area contributed by atoms with Gasteiger partial charge in [-0.1, -0.05) is 0 Å². The van der Waals surface area contributed by atoms with Crippen LogP contribution in [0.1, 0.15) is 16.1 Å². The summed E-state index contributed by atoms with van der Waals surface area (Å²) in [6, 6.07) is 2.91. The molecule has 0 amide bonds. The minimum Gasteiger partial charge on any atom is -0.480 e. The Balaban J connectivity index is 2.70. The number of fused-ring (bicyclic) bond motifs is 1. The topological polar surface area (TPSA) is 98.5 Å². The summed E-state index contributed by atoms with van der Waals surface area (Å²) < 4.78 is 5.66. The molecule has 0 aromatic carbocycles. The van der Waals surface area contributed by atoms with Crippen LogP contribution in [-0.2, 0) is 16.1 Å². The Labute approximate surface area is 113 Å². The SMILES string of the molecule is COC(=O)c1cc2c(=O)n(CC(=O)O)ccc2nc1C. The standard InChI is InChI=1S/C13H12N2O5/c1-7-8(13(19)20-2)5-9-10(14-7)3-4-15(12(9)18)6-11(16)17/h3-5H,6H2,1-2H3,(H,16,17). The van der Waals surface area contributed by atoms with Gasteiger partial charge in [-0.3, -0.25) is 14.6 Å². The second-order valence-electron chi connectivity index (χ2n) is 4.19. The van der Waals surface area contributed by atoms with E-state index >= 15 is 0 Å². The Hall–Kier alpha value is -2.70. The monoisotopic (exact) mass is 276 g/mol. The van der Waals surface area contributed by atoms with Gasteiger partial charge in [0.25, 0.3) is 5.56 Å². The Morgan fingerprint density at radius 3 is 2.75 bits per heavy atom. The van der Waals surface area contributed by atoms with Gasteiger partial charge < -0.3 is 14.4 Å². The van der Waals surface area contributed by atoms with Gasteiger partial charge in [0.05, 0.1) is 29.3 Å². The van der Waals surface area contributed by atoms with Crippen LogP contribution in [0.3, 0.4) is 0 Å². The van der Waals surface area contributed by atoms with Crippen LogP contribution in [0.15, 0.2) is 23.1 Å². The number of pyridine rings is 2. The van der Waals surface area contributed by atoms with E-state index in [1.54, 1.807) is 6.92 Å². The molecule has 0 unspecified atom stereocenters. The lowest BCUT2D eigenvalue weighted by molar-refractivity contribution is -0.137. The van der Waals surface area contributed by atoms with E-state index in [-0.39, 0.29) is 10.9 Å². The van der Waals surface area contributed by atoms with Crippen LogP contribution < -0.4 is 5.56 Å². The summed E-state index contributed by atoms with van der Waals surface area (Å²) in [5.41, 5.74) is 0.522. The molecule has 2 rings (SSSR count). The van der Waals surface area contributed by atoms with Crippen LogP contribution in [-0.4, -0.2) is 33.7 Å². The molecule has 0 bridgehead atoms. The van der Waals surface area contributed by atoms with Crippen molar-refractivity contribution in [2.75, 3.05) is 7.11 Å². The van der Waals surface area contributed by atoms with Crippen molar-refractivity contribution in [3.8, 4) is 0 Å². The highest BCUT2D eigenvalue weighted by atomic mass is 16.5. The van der Waals surface area contributed by atoms with E-state index in [9.17, 15) is 14.4 Å². The molecule has 7 nitrogen and oxygen atoms in total. The zero-order valence-corrected chi connectivity index (χ0v) is 10.9. The van der Waals surface area contributed by atoms with Gasteiger partial charge in [0.15, 0.2) is 0 Å². The largest absolute Gasteiger partial charge is 0.480 e. The minimum absolute atomic E-state index is 0.180. The predicted octanol–water partition coefficient (Wildman–Crippen LogP) is 0.576. The van der Waals surface area contributed by atoms with Crippen LogP contribution in [0.25, 0.3) is 10.9 Å². The van der Waals surface area contributed by atoms with E-state index < -0.39 is 24.0 Å². The maximum absolute atomic E-state index is 12.1. The molecule has 0 atom stereocenters. The number of carboxylic acid groups (broad SMARTS) is 1. The fourth-order valence-corrected chi connectivity index (χ4v) is 1.89. The highest BCUT2D eigenvalue weighted by Gasteiger charge is 2.14. The normalized spacial score (nSPS) is 10.5. The zero-order valence-electron chi connectivity index (χ0n) is 10.9. The first-order valence-electron chi connectivity index (χ1n) is 5.75. The summed E-state index contributed by atoms with van der Waals surface area (Å²) in [5.74, 6) is -1.72. The average Bonchev–Trinajstić information content (AvgIpc) is 2.40. The molecule has 2 aromatic rings. The van der Waals surface area contributed by atoms with E-state index in [0.29, 0.717) is 11.2 Å². The maximum Gasteiger partial charge on any atom is 0.339 e. The second-order valence-corrected chi connectivity index (χ2v) is 4.19. The number of aliphatic carboxylic acids is 1. The third-order valence-corrected chi connectivity index (χ3v) is 2.86. The quantitative estimate of drug-likeness (QED) is 0.823. The van der Waals surface area contributed by atoms with Crippen LogP contribution in [0, 0.1) is 6.92 Å². The molecule has 0 aliphatic heterocycles. The average molecular weight is 276 g/mol. The summed E-state index contributed by atoms with van der Waals surface area (Å²) >= 11 is 0. The van der Waals surface area contributed by atoms with Crippen molar-refractivity contribution >= 4 is 22.8 Å². The summed E-state index contributed by atoms with van der Waals surface area (Å²) in [6.07, 6.45) is 1.36. The highest BCUT2D eigenvalue weighted by Crippen LogP contribution is 2.14. The van der Waals surface area contributed by atoms with Crippen molar-refractivity contribution in [3.05, 3.63) is 39.9 Å². The number of carbonyl (C=O) groups excluding carboxylic acids is 1. The van der Waals surface area contributed by atoms with Gasteiger partial charge in [-0.25, -0.2) is 4.79 Å². The molecule has 0 radical (unpaired) electrons. The van der Waals surface area contributed by atoms with E-state index in [2.05, 4.69) is 9.72 Å². The lowest BCUT2D eigenvalue weighted by Gasteiger charge is -2.07. The number of carbonyl (C=O) groups is 2. The van der Waals surface area contributed by atoms with Crippen molar-refractivity contribution in [3.63, 3.8) is 0 Å². The Morgan fingerprint density at radius 1 is 1.45 bits per heavy atom. The van der Waals surface area contributed by atoms with Crippen molar-refractivity contribution in [1.82, 2.24) is 9.55 Å². The number of nitrogens with zero attached hydrogens (tertiary/aromatic N) is 2. The van der Waals surface area contributed by atoms with Crippen LogP contribution in [0.4, 0.5) is 0 Å². The third kappa shape index (κ3) is 2.37. The number of hydrogen-bond acceptors (Lipinski definition) is 5. The van der Waals surface area contributed by atoms with Crippen LogP contribution in [0.5, 0.6) is 0 Å². The molecule has 0 fully saturated rings. The number of hydrogen-bond donors (Lipinski definition) is 1. The summed E-state index contributed by atoms with van der Waals surface area (Å²) in [4.78, 5) is 38.6. The van der Waals surface area contributed by atoms with Gasteiger partial charge in [-0.15, -0.1) is 0 Å². The van der Waals surface area contributed by atoms with Gasteiger partial charge in [0, 0.05) is 6.20 Å². The summed E-state index contributed by atoms with van der Waals surface area (Å²) in [7, 11) is 1.24. The number of methoxy groups -OCH3 is 1. The lowest BCUT2D eigenvalue weighted by atomic mass is 10.1. The molecule has 0 saturated carbocycles. The summed E-state index contributed by atoms with van der Waals surface area (Å²) in [5, 5.41) is 8.92. The Kier molecular flexibility index (Phi) is 3.51. The van der Waals surface area contributed by atoms with Crippen molar-refractivity contribution in [1.29, 1.82) is 0 Å². The number of esters is 1. The molecule has 2 heterocycles. The first-order chi connectivity index (χ1) is 9.43. The van der Waals surface area contributed by atoms with Gasteiger partial charge in [0.1, 0.15) is 6.54 Å². The predicted molar refractivity (Wildman–Crippen MR) is 69.7 cm³/mol. The Morgan fingerprint density at radius 2 is 2.15 bits per heavy atom. The van der Waals surface area contributed by atoms with Gasteiger partial charge >= 0.3 is 11.9 Å². The molecule has 2 aromatic heterocycles. The lowest BCUT2D eigenvalue weighted by Crippen LogP contribution is -2.24. The van der Waals surface area contributed by atoms with Gasteiger partial charge in [-0.2, -0.15) is 0 Å². The molecule has 7 heteroatoms. The first-order valence-corrected chi connectivity index (χ1v) is 5.75. The van der Waals surface area contributed by atoms with E-state index in [1.165, 1.54) is 25.4 Å². The molecule has 0 aliphatic carbocycles. The van der Waals surface area contributed by atoms with Crippen LogP contribution >= 0.6 is 0 Å². The Bertz CT molecular complexity index is 763. The van der Waals surface area contributed by atoms with E-state index in [4.69, 9.17) is 5.11 Å². The highest BCUT2D eigenvalue weighted by molar-refractivity contribution is 5.94. The van der Waals surface area contributed by atoms with E-state index in [1.807, 2.05) is 0 Å². The van der Waals surface area contributed by atoms with Gasteiger partial charge in [-0.05, 0) is 19.1 Å². The molecule has 0 spiro atoms. The van der Waals surface area contributed by atoms with Crippen molar-refractivity contribution in [2.24, 2.45) is 0 Å². The molecule has 0 saturated heterocycles. The minimum atomic E-state index is -1.13. The van der Waals surface area contributed by atoms with Crippen molar-refractivity contribution in [2.45, 2.75) is 13.5 Å². The number of aryl methyl sites for hydroxylation is 1. The van der Waals surface area contributed by atoms with Crippen LogP contribution in [0.2, 0.25) is 0 Å². The smallest absolute Gasteiger partial charge is 0.339 e. The molecule has 20 heavy (non-hydrogen) atoms. The van der Waals surface area contributed by atoms with Gasteiger partial charge in [0.2, 0.25) is 0 Å². The molecule has 0 aliphatic rings. The number of aromatic nitrogens is 2. The zero-order chi connectivity index (χ0) is 14.9. The third-order valence-electron chi connectivity index (χ3n) is 2.86. The fraction of sp³-hybridized carbons (Fsp3) is 0.231. The molecular weight excluding hydrogens is 264 g/mol. The van der Waals surface area contributed by atoms with E-state index in [0.717, 1.165) is 4.57 Å². The maximum atomic E-state index is 12.1.